The summed E-state index contributed by atoms with van der Waals surface area (Å²) >= 11 is 0. The quantitative estimate of drug-likeness (QED) is 0.798. The number of hydrogen-bond donors (Lipinski definition) is 1. The van der Waals surface area contributed by atoms with E-state index in [1.54, 1.807) is 12.1 Å². The molecule has 0 saturated carbocycles. The largest absolute Gasteiger partial charge is 0.465 e. The molecule has 3 heteroatoms. The molecule has 1 atom stereocenters. The minimum Gasteiger partial charge on any atom is -0.465 e. The Balaban J connectivity index is 2.63. The minimum absolute atomic E-state index is 0.0455. The predicted octanol–water partition coefficient (Wildman–Crippen LogP) is 2.91. The molecular formula is C14H21NO2. The van der Waals surface area contributed by atoms with Crippen LogP contribution in [0.3, 0.4) is 0 Å². The normalized spacial score (nSPS) is 12.5. The van der Waals surface area contributed by atoms with Gasteiger partial charge in [-0.15, -0.1) is 0 Å². The highest BCUT2D eigenvalue weighted by atomic mass is 16.5. The second kappa shape index (κ2) is 6.40. The van der Waals surface area contributed by atoms with Crippen molar-refractivity contribution >= 4 is 5.97 Å². The number of nitrogens with two attached hydrogens (primary N) is 1. The molecule has 0 unspecified atom stereocenters. The van der Waals surface area contributed by atoms with Gasteiger partial charge in [-0.05, 0) is 36.5 Å². The predicted molar refractivity (Wildman–Crippen MR) is 68.8 cm³/mol. The van der Waals surface area contributed by atoms with Crippen molar-refractivity contribution in [3.8, 4) is 0 Å². The Kier molecular flexibility index (Phi) is 5.16. The van der Waals surface area contributed by atoms with E-state index in [1.165, 1.54) is 7.11 Å². The van der Waals surface area contributed by atoms with E-state index in [9.17, 15) is 4.79 Å². The number of ether oxygens (including phenoxy) is 1. The zero-order chi connectivity index (χ0) is 12.8. The van der Waals surface area contributed by atoms with Gasteiger partial charge in [-0.3, -0.25) is 0 Å². The zero-order valence-corrected chi connectivity index (χ0v) is 10.8. The molecule has 0 spiro atoms. The summed E-state index contributed by atoms with van der Waals surface area (Å²) in [7, 11) is 1.38. The molecule has 2 N–H and O–H groups in total. The lowest BCUT2D eigenvalue weighted by molar-refractivity contribution is 0.0600. The van der Waals surface area contributed by atoms with Crippen LogP contribution in [0.2, 0.25) is 0 Å². The van der Waals surface area contributed by atoms with Crippen molar-refractivity contribution in [2.75, 3.05) is 7.11 Å². The van der Waals surface area contributed by atoms with E-state index in [-0.39, 0.29) is 12.0 Å². The first kappa shape index (κ1) is 13.7. The van der Waals surface area contributed by atoms with E-state index >= 15 is 0 Å². The van der Waals surface area contributed by atoms with Gasteiger partial charge < -0.3 is 10.5 Å². The van der Waals surface area contributed by atoms with Crippen molar-refractivity contribution in [2.45, 2.75) is 32.7 Å². The fourth-order valence-electron chi connectivity index (χ4n) is 1.66. The van der Waals surface area contributed by atoms with Gasteiger partial charge in [-0.25, -0.2) is 4.79 Å². The van der Waals surface area contributed by atoms with Crippen LogP contribution in [-0.2, 0) is 4.74 Å². The molecule has 0 heterocycles. The van der Waals surface area contributed by atoms with E-state index in [1.807, 2.05) is 12.1 Å². The average molecular weight is 235 g/mol. The van der Waals surface area contributed by atoms with Gasteiger partial charge in [0.2, 0.25) is 0 Å². The maximum Gasteiger partial charge on any atom is 0.337 e. The molecule has 1 rings (SSSR count). The SMILES string of the molecule is COC(=O)c1ccc([C@H](N)CCC(C)C)cc1. The van der Waals surface area contributed by atoms with Gasteiger partial charge in [-0.1, -0.05) is 26.0 Å². The minimum atomic E-state index is -0.313. The van der Waals surface area contributed by atoms with E-state index in [0.29, 0.717) is 11.5 Å². The number of carbonyl (C=O) groups is 1. The summed E-state index contributed by atoms with van der Waals surface area (Å²) in [5.41, 5.74) is 7.72. The van der Waals surface area contributed by atoms with Gasteiger partial charge in [0.1, 0.15) is 0 Å². The molecule has 0 aliphatic heterocycles. The lowest BCUT2D eigenvalue weighted by Gasteiger charge is -2.13. The van der Waals surface area contributed by atoms with Crippen molar-refractivity contribution in [1.82, 2.24) is 0 Å². The lowest BCUT2D eigenvalue weighted by Crippen LogP contribution is -2.11. The summed E-state index contributed by atoms with van der Waals surface area (Å²) in [4.78, 5) is 11.3. The molecule has 0 radical (unpaired) electrons. The number of hydrogen-bond acceptors (Lipinski definition) is 3. The van der Waals surface area contributed by atoms with Crippen molar-refractivity contribution in [1.29, 1.82) is 0 Å². The first-order valence-electron chi connectivity index (χ1n) is 5.98. The standard InChI is InChI=1S/C14H21NO2/c1-10(2)4-9-13(15)11-5-7-12(8-6-11)14(16)17-3/h5-8,10,13H,4,9,15H2,1-3H3/t13-/m1/s1. The third-order valence-corrected chi connectivity index (χ3v) is 2.81. The highest BCUT2D eigenvalue weighted by Crippen LogP contribution is 2.19. The molecule has 0 aromatic heterocycles. The Morgan fingerprint density at radius 1 is 1.24 bits per heavy atom. The number of carbonyl (C=O) groups excluding carboxylic acids is 1. The number of esters is 1. The maximum atomic E-state index is 11.3. The molecule has 94 valence electrons. The van der Waals surface area contributed by atoms with Gasteiger partial charge in [-0.2, -0.15) is 0 Å². The molecule has 17 heavy (non-hydrogen) atoms. The van der Waals surface area contributed by atoms with Crippen LogP contribution in [0.25, 0.3) is 0 Å². The third kappa shape index (κ3) is 4.19. The number of methoxy groups -OCH3 is 1. The van der Waals surface area contributed by atoms with Crippen LogP contribution in [0, 0.1) is 5.92 Å². The Labute approximate surface area is 103 Å². The average Bonchev–Trinajstić information content (AvgIpc) is 2.35. The first-order valence-corrected chi connectivity index (χ1v) is 5.98. The van der Waals surface area contributed by atoms with Crippen LogP contribution >= 0.6 is 0 Å². The second-order valence-electron chi connectivity index (χ2n) is 4.69. The highest BCUT2D eigenvalue weighted by molar-refractivity contribution is 5.89. The third-order valence-electron chi connectivity index (χ3n) is 2.81. The van der Waals surface area contributed by atoms with Crippen molar-refractivity contribution < 1.29 is 9.53 Å². The molecule has 0 aliphatic rings. The fraction of sp³-hybridized carbons (Fsp3) is 0.500. The van der Waals surface area contributed by atoms with Crippen molar-refractivity contribution in [2.24, 2.45) is 11.7 Å². The van der Waals surface area contributed by atoms with Crippen LogP contribution in [-0.4, -0.2) is 13.1 Å². The van der Waals surface area contributed by atoms with E-state index < -0.39 is 0 Å². The molecule has 1 aromatic rings. The molecule has 0 bridgehead atoms. The number of benzene rings is 1. The topological polar surface area (TPSA) is 52.3 Å². The summed E-state index contributed by atoms with van der Waals surface area (Å²) in [6, 6.07) is 7.37. The summed E-state index contributed by atoms with van der Waals surface area (Å²) < 4.78 is 4.65. The van der Waals surface area contributed by atoms with Gasteiger partial charge in [0, 0.05) is 6.04 Å². The Hall–Kier alpha value is -1.35. The van der Waals surface area contributed by atoms with E-state index in [2.05, 4.69) is 18.6 Å². The van der Waals surface area contributed by atoms with Gasteiger partial charge in [0.15, 0.2) is 0 Å². The maximum absolute atomic E-state index is 11.3. The van der Waals surface area contributed by atoms with Gasteiger partial charge in [0.05, 0.1) is 12.7 Å². The Morgan fingerprint density at radius 2 is 1.82 bits per heavy atom. The second-order valence-corrected chi connectivity index (χ2v) is 4.69. The first-order chi connectivity index (χ1) is 8.04. The molecule has 3 nitrogen and oxygen atoms in total. The molecule has 0 fully saturated rings. The fourth-order valence-corrected chi connectivity index (χ4v) is 1.66. The zero-order valence-electron chi connectivity index (χ0n) is 10.8. The monoisotopic (exact) mass is 235 g/mol. The summed E-state index contributed by atoms with van der Waals surface area (Å²) in [5, 5.41) is 0. The van der Waals surface area contributed by atoms with Crippen LogP contribution in [0.4, 0.5) is 0 Å². The van der Waals surface area contributed by atoms with Crippen molar-refractivity contribution in [3.05, 3.63) is 35.4 Å². The van der Waals surface area contributed by atoms with Gasteiger partial charge in [0.25, 0.3) is 0 Å². The molecule has 0 amide bonds. The highest BCUT2D eigenvalue weighted by Gasteiger charge is 2.09. The van der Waals surface area contributed by atoms with E-state index in [0.717, 1.165) is 18.4 Å². The van der Waals surface area contributed by atoms with E-state index in [4.69, 9.17) is 5.73 Å². The summed E-state index contributed by atoms with van der Waals surface area (Å²) in [5.74, 6) is 0.350. The number of rotatable bonds is 5. The van der Waals surface area contributed by atoms with Crippen LogP contribution < -0.4 is 5.73 Å². The van der Waals surface area contributed by atoms with Crippen LogP contribution in [0.1, 0.15) is 48.7 Å². The smallest absolute Gasteiger partial charge is 0.337 e. The Bertz CT molecular complexity index is 357. The Morgan fingerprint density at radius 3 is 2.29 bits per heavy atom. The molecule has 0 aliphatic carbocycles. The van der Waals surface area contributed by atoms with Crippen LogP contribution in [0.15, 0.2) is 24.3 Å². The van der Waals surface area contributed by atoms with Crippen molar-refractivity contribution in [3.63, 3.8) is 0 Å². The summed E-state index contributed by atoms with van der Waals surface area (Å²) in [6.07, 6.45) is 2.08. The van der Waals surface area contributed by atoms with Crippen LogP contribution in [0.5, 0.6) is 0 Å². The molecule has 0 saturated heterocycles. The molecule has 1 aromatic carbocycles. The summed E-state index contributed by atoms with van der Waals surface area (Å²) in [6.45, 7) is 4.38. The lowest BCUT2D eigenvalue weighted by atomic mass is 9.98. The molecular weight excluding hydrogens is 214 g/mol. The van der Waals surface area contributed by atoms with Gasteiger partial charge >= 0.3 is 5.97 Å².